The molecule has 1 aliphatic heterocycles. The maximum atomic E-state index is 13.9. The first-order valence-electron chi connectivity index (χ1n) is 10.7. The van der Waals surface area contributed by atoms with Gasteiger partial charge in [0.05, 0.1) is 6.42 Å². The molecule has 0 bridgehead atoms. The van der Waals surface area contributed by atoms with E-state index in [1.165, 1.54) is 12.5 Å². The average Bonchev–Trinajstić information content (AvgIpc) is 2.95. The van der Waals surface area contributed by atoms with Gasteiger partial charge in [-0.2, -0.15) is 4.52 Å². The summed E-state index contributed by atoms with van der Waals surface area (Å²) in [5.41, 5.74) is 1.23. The lowest BCUT2D eigenvalue weighted by atomic mass is 9.85. The smallest absolute Gasteiger partial charge is 0.227 e. The molecule has 8 heteroatoms. The zero-order valence-electron chi connectivity index (χ0n) is 16.9. The van der Waals surface area contributed by atoms with Gasteiger partial charge in [-0.3, -0.25) is 4.79 Å². The topological polar surface area (TPSA) is 66.6 Å². The van der Waals surface area contributed by atoms with E-state index in [0.717, 1.165) is 43.1 Å². The molecule has 2 aromatic heterocycles. The monoisotopic (exact) mass is 408 g/mol. The Morgan fingerprint density at radius 1 is 1.00 bits per heavy atom. The van der Waals surface area contributed by atoms with E-state index in [0.29, 0.717) is 31.1 Å². The van der Waals surface area contributed by atoms with Crippen LogP contribution in [0, 0.1) is 5.82 Å². The Kier molecular flexibility index (Phi) is 5.06. The first kappa shape index (κ1) is 19.0. The first-order valence-corrected chi connectivity index (χ1v) is 10.7. The quantitative estimate of drug-likeness (QED) is 0.664. The number of rotatable bonds is 4. The summed E-state index contributed by atoms with van der Waals surface area (Å²) in [7, 11) is 0. The molecule has 3 heterocycles. The second kappa shape index (κ2) is 8.01. The van der Waals surface area contributed by atoms with Gasteiger partial charge in [-0.15, -0.1) is 15.3 Å². The minimum absolute atomic E-state index is 0.0311. The van der Waals surface area contributed by atoms with Gasteiger partial charge >= 0.3 is 0 Å². The molecule has 2 aliphatic rings. The van der Waals surface area contributed by atoms with E-state index >= 15 is 0 Å². The molecule has 1 aliphatic carbocycles. The van der Waals surface area contributed by atoms with Crippen molar-refractivity contribution in [2.45, 2.75) is 38.0 Å². The van der Waals surface area contributed by atoms with Crippen LogP contribution in [0.3, 0.4) is 0 Å². The molecule has 156 valence electrons. The Morgan fingerprint density at radius 2 is 1.87 bits per heavy atom. The molecular formula is C22H25FN6O. The lowest BCUT2D eigenvalue weighted by molar-refractivity contribution is -0.130. The van der Waals surface area contributed by atoms with Gasteiger partial charge in [0.2, 0.25) is 5.91 Å². The molecule has 0 N–H and O–H groups in total. The fraction of sp³-hybridized carbons (Fsp3) is 0.455. The van der Waals surface area contributed by atoms with Crippen LogP contribution in [0.15, 0.2) is 36.4 Å². The van der Waals surface area contributed by atoms with E-state index in [4.69, 9.17) is 5.10 Å². The number of hydrogen-bond donors (Lipinski definition) is 0. The molecule has 5 rings (SSSR count). The van der Waals surface area contributed by atoms with Crippen molar-refractivity contribution in [2.75, 3.05) is 31.1 Å². The maximum absolute atomic E-state index is 13.9. The van der Waals surface area contributed by atoms with Crippen molar-refractivity contribution >= 4 is 17.4 Å². The minimum atomic E-state index is -0.323. The number of nitrogens with zero attached hydrogens (tertiary/aromatic N) is 6. The van der Waals surface area contributed by atoms with Crippen LogP contribution in [-0.4, -0.2) is 56.8 Å². The Morgan fingerprint density at radius 3 is 2.67 bits per heavy atom. The van der Waals surface area contributed by atoms with Crippen LogP contribution in [0.1, 0.15) is 43.0 Å². The molecule has 0 spiro atoms. The highest BCUT2D eigenvalue weighted by molar-refractivity contribution is 5.79. The van der Waals surface area contributed by atoms with Crippen molar-refractivity contribution in [1.82, 2.24) is 24.7 Å². The average molecular weight is 408 g/mol. The van der Waals surface area contributed by atoms with Gasteiger partial charge in [0.25, 0.3) is 0 Å². The van der Waals surface area contributed by atoms with Gasteiger partial charge < -0.3 is 9.80 Å². The summed E-state index contributed by atoms with van der Waals surface area (Å²) in [4.78, 5) is 16.8. The van der Waals surface area contributed by atoms with Gasteiger partial charge in [0.15, 0.2) is 11.5 Å². The highest BCUT2D eigenvalue weighted by atomic mass is 19.1. The second-order valence-electron chi connectivity index (χ2n) is 8.14. The minimum Gasteiger partial charge on any atom is -0.353 e. The van der Waals surface area contributed by atoms with Crippen molar-refractivity contribution < 1.29 is 9.18 Å². The number of amides is 1. The van der Waals surface area contributed by atoms with Gasteiger partial charge in [0, 0.05) is 32.1 Å². The van der Waals surface area contributed by atoms with Crippen LogP contribution in [0.5, 0.6) is 0 Å². The maximum Gasteiger partial charge on any atom is 0.227 e. The fourth-order valence-corrected chi connectivity index (χ4v) is 4.20. The highest BCUT2D eigenvalue weighted by Gasteiger charge is 2.26. The van der Waals surface area contributed by atoms with Crippen LogP contribution in [-0.2, 0) is 11.2 Å². The zero-order chi connectivity index (χ0) is 20.5. The summed E-state index contributed by atoms with van der Waals surface area (Å²) in [5, 5.41) is 13.4. The third kappa shape index (κ3) is 3.62. The van der Waals surface area contributed by atoms with Crippen LogP contribution in [0.2, 0.25) is 0 Å². The molecular weight excluding hydrogens is 383 g/mol. The highest BCUT2D eigenvalue weighted by Crippen LogP contribution is 2.35. The summed E-state index contributed by atoms with van der Waals surface area (Å²) >= 11 is 0. The van der Waals surface area contributed by atoms with Crippen LogP contribution in [0.25, 0.3) is 5.65 Å². The summed E-state index contributed by atoms with van der Waals surface area (Å²) in [6, 6.07) is 10.4. The van der Waals surface area contributed by atoms with Crippen molar-refractivity contribution in [3.63, 3.8) is 0 Å². The molecule has 1 aromatic carbocycles. The standard InChI is InChI=1S/C22H25FN6O/c23-18-8-2-1-5-17(18)15-21(30)28-12-4-11-27(13-14-28)20-10-9-19-24-25-22(29(19)26-20)16-6-3-7-16/h1-2,5,8-10,16H,3-4,6-7,11-15H2. The third-order valence-corrected chi connectivity index (χ3v) is 6.22. The van der Waals surface area contributed by atoms with E-state index in [1.54, 1.807) is 18.2 Å². The van der Waals surface area contributed by atoms with E-state index in [1.807, 2.05) is 21.5 Å². The molecule has 0 atom stereocenters. The van der Waals surface area contributed by atoms with Gasteiger partial charge in [0.1, 0.15) is 11.6 Å². The van der Waals surface area contributed by atoms with Crippen molar-refractivity contribution in [2.24, 2.45) is 0 Å². The van der Waals surface area contributed by atoms with Crippen LogP contribution in [0.4, 0.5) is 10.2 Å². The number of carbonyl (C=O) groups is 1. The zero-order valence-corrected chi connectivity index (χ0v) is 16.9. The van der Waals surface area contributed by atoms with E-state index < -0.39 is 0 Å². The molecule has 7 nitrogen and oxygen atoms in total. The molecule has 1 saturated carbocycles. The molecule has 3 aromatic rings. The lowest BCUT2D eigenvalue weighted by Gasteiger charge is -2.24. The Labute approximate surface area is 174 Å². The number of aromatic nitrogens is 4. The van der Waals surface area contributed by atoms with E-state index in [-0.39, 0.29) is 18.1 Å². The molecule has 0 radical (unpaired) electrons. The Bertz CT molecular complexity index is 1060. The normalized spacial score (nSPS) is 17.8. The Balaban J connectivity index is 1.28. The predicted octanol–water partition coefficient (Wildman–Crippen LogP) is 2.81. The largest absolute Gasteiger partial charge is 0.353 e. The number of halogens is 1. The summed E-state index contributed by atoms with van der Waals surface area (Å²) in [6.07, 6.45) is 4.48. The SMILES string of the molecule is O=C(Cc1ccccc1F)N1CCCN(c2ccc3nnc(C4CCC4)n3n2)CC1. The predicted molar refractivity (Wildman–Crippen MR) is 111 cm³/mol. The van der Waals surface area contributed by atoms with Gasteiger partial charge in [-0.1, -0.05) is 24.6 Å². The van der Waals surface area contributed by atoms with Crippen molar-refractivity contribution in [3.8, 4) is 0 Å². The summed E-state index contributed by atoms with van der Waals surface area (Å²) in [6.45, 7) is 2.79. The van der Waals surface area contributed by atoms with E-state index in [9.17, 15) is 9.18 Å². The van der Waals surface area contributed by atoms with Crippen molar-refractivity contribution in [1.29, 1.82) is 0 Å². The lowest BCUT2D eigenvalue weighted by Crippen LogP contribution is -2.36. The van der Waals surface area contributed by atoms with Gasteiger partial charge in [-0.25, -0.2) is 4.39 Å². The number of hydrogen-bond acceptors (Lipinski definition) is 5. The summed E-state index contributed by atoms with van der Waals surface area (Å²) in [5.74, 6) is 1.94. The third-order valence-electron chi connectivity index (χ3n) is 6.22. The number of fused-ring (bicyclic) bond motifs is 1. The molecule has 2 fully saturated rings. The first-order chi connectivity index (χ1) is 14.7. The number of carbonyl (C=O) groups excluding carboxylic acids is 1. The number of anilines is 1. The molecule has 1 saturated heterocycles. The molecule has 1 amide bonds. The molecule has 30 heavy (non-hydrogen) atoms. The van der Waals surface area contributed by atoms with Gasteiger partial charge in [-0.05, 0) is 43.0 Å². The molecule has 0 unspecified atom stereocenters. The fourth-order valence-electron chi connectivity index (χ4n) is 4.20. The number of benzene rings is 1. The van der Waals surface area contributed by atoms with Crippen LogP contribution >= 0.6 is 0 Å². The van der Waals surface area contributed by atoms with Crippen molar-refractivity contribution in [3.05, 3.63) is 53.6 Å². The Hall–Kier alpha value is -3.03. The summed E-state index contributed by atoms with van der Waals surface area (Å²) < 4.78 is 15.8. The van der Waals surface area contributed by atoms with E-state index in [2.05, 4.69) is 15.1 Å². The second-order valence-corrected chi connectivity index (χ2v) is 8.14. The van der Waals surface area contributed by atoms with Crippen LogP contribution < -0.4 is 4.90 Å².